The number of carbonyl (C=O) groups excluding carboxylic acids is 1. The monoisotopic (exact) mass is 502 g/mol. The molecule has 1 amide bonds. The van der Waals surface area contributed by atoms with Crippen LogP contribution in [0.15, 0.2) is 0 Å². The summed E-state index contributed by atoms with van der Waals surface area (Å²) >= 11 is 0. The number of hydrogen-bond donors (Lipinski definition) is 4. The number of unbranched alkanes of at least 4 members (excludes halogenated alkanes) is 14. The molecule has 2 unspecified atom stereocenters. The molecule has 35 heavy (non-hydrogen) atoms. The number of morpholine rings is 1. The van der Waals surface area contributed by atoms with Gasteiger partial charge in [-0.15, -0.1) is 0 Å². The minimum absolute atomic E-state index is 0.153. The van der Waals surface area contributed by atoms with Crippen LogP contribution in [-0.4, -0.2) is 54.0 Å². The van der Waals surface area contributed by atoms with Crippen molar-refractivity contribution in [3.05, 3.63) is 0 Å². The Morgan fingerprint density at radius 3 is 1.60 bits per heavy atom. The maximum atomic E-state index is 10.6. The predicted octanol–water partition coefficient (Wildman–Crippen LogP) is 5.96. The number of nitrogens with one attached hydrogen (secondary N) is 1. The molecule has 0 aromatic rings. The summed E-state index contributed by atoms with van der Waals surface area (Å²) in [7, 11) is 0. The van der Waals surface area contributed by atoms with E-state index >= 15 is 0 Å². The Kier molecular flexibility index (Phi) is 29.9. The average molecular weight is 503 g/mol. The number of carboxylic acids is 1. The minimum atomic E-state index is -1.23. The second-order valence-electron chi connectivity index (χ2n) is 9.67. The van der Waals surface area contributed by atoms with Crippen molar-refractivity contribution in [2.75, 3.05) is 19.7 Å². The van der Waals surface area contributed by atoms with E-state index in [-0.39, 0.29) is 5.91 Å². The van der Waals surface area contributed by atoms with E-state index in [1.807, 2.05) is 0 Å². The van der Waals surface area contributed by atoms with Crippen molar-refractivity contribution >= 4 is 11.9 Å². The number of primary amides is 1. The van der Waals surface area contributed by atoms with Crippen LogP contribution in [0.25, 0.3) is 0 Å². The van der Waals surface area contributed by atoms with Gasteiger partial charge in [-0.1, -0.05) is 110 Å². The Balaban J connectivity index is 0. The van der Waals surface area contributed by atoms with Gasteiger partial charge in [0.2, 0.25) is 5.91 Å². The highest BCUT2D eigenvalue weighted by Gasteiger charge is 2.10. The zero-order chi connectivity index (χ0) is 26.6. The van der Waals surface area contributed by atoms with Crippen molar-refractivity contribution in [1.82, 2.24) is 5.32 Å². The molecule has 1 saturated heterocycles. The molecule has 1 aliphatic rings. The number of aliphatic hydroxyl groups excluding tert-OH is 1. The summed E-state index contributed by atoms with van der Waals surface area (Å²) < 4.78 is 5.46. The van der Waals surface area contributed by atoms with Crippen molar-refractivity contribution in [1.29, 1.82) is 0 Å². The molecule has 0 saturated carbocycles. The van der Waals surface area contributed by atoms with E-state index in [4.69, 9.17) is 20.7 Å². The molecule has 0 aromatic heterocycles. The summed E-state index contributed by atoms with van der Waals surface area (Å²) in [5.41, 5.74) is 5.11. The molecule has 1 fully saturated rings. The van der Waals surface area contributed by atoms with Crippen LogP contribution in [0.5, 0.6) is 0 Å². The summed E-state index contributed by atoms with van der Waals surface area (Å²) in [6.45, 7) is 8.64. The van der Waals surface area contributed by atoms with Gasteiger partial charge in [0.05, 0.1) is 12.7 Å². The van der Waals surface area contributed by atoms with Crippen LogP contribution >= 0.6 is 0 Å². The lowest BCUT2D eigenvalue weighted by Gasteiger charge is -2.22. The Bertz CT molecular complexity index is 452. The van der Waals surface area contributed by atoms with Gasteiger partial charge in [-0.3, -0.25) is 4.79 Å². The Morgan fingerprint density at radius 2 is 1.29 bits per heavy atom. The minimum Gasteiger partial charge on any atom is -0.479 e. The highest BCUT2D eigenvalue weighted by atomic mass is 16.5. The van der Waals surface area contributed by atoms with Gasteiger partial charge < -0.3 is 26.0 Å². The second-order valence-corrected chi connectivity index (χ2v) is 9.67. The molecule has 1 aliphatic heterocycles. The summed E-state index contributed by atoms with van der Waals surface area (Å²) in [6, 6.07) is 0. The van der Waals surface area contributed by atoms with Crippen LogP contribution in [0.2, 0.25) is 0 Å². The predicted molar refractivity (Wildman–Crippen MR) is 146 cm³/mol. The van der Waals surface area contributed by atoms with Gasteiger partial charge >= 0.3 is 5.97 Å². The molecule has 7 nitrogen and oxygen atoms in total. The van der Waals surface area contributed by atoms with E-state index in [1.54, 1.807) is 0 Å². The van der Waals surface area contributed by atoms with E-state index in [0.717, 1.165) is 26.1 Å². The van der Waals surface area contributed by atoms with Crippen molar-refractivity contribution in [3.8, 4) is 0 Å². The average Bonchev–Trinajstić information content (AvgIpc) is 2.83. The first-order chi connectivity index (χ1) is 16.8. The van der Waals surface area contributed by atoms with Crippen molar-refractivity contribution in [2.45, 2.75) is 149 Å². The van der Waals surface area contributed by atoms with Gasteiger partial charge in [0, 0.05) is 19.5 Å². The maximum absolute atomic E-state index is 10.6. The zero-order valence-electron chi connectivity index (χ0n) is 23.2. The van der Waals surface area contributed by atoms with E-state index in [1.165, 1.54) is 110 Å². The quantitative estimate of drug-likeness (QED) is 0.162. The summed E-state index contributed by atoms with van der Waals surface area (Å²) in [5.74, 6) is -1.34. The summed E-state index contributed by atoms with van der Waals surface area (Å²) in [5, 5.41) is 19.1. The fourth-order valence-corrected chi connectivity index (χ4v) is 3.80. The van der Waals surface area contributed by atoms with Gasteiger partial charge in [-0.25, -0.2) is 4.79 Å². The normalized spacial score (nSPS) is 15.8. The van der Waals surface area contributed by atoms with Gasteiger partial charge in [0.1, 0.15) is 6.10 Å². The SMILES string of the molecule is CC(O)C(=O)O.CCCC1CNCCO1.CCCCCCCCCCCCCCCCCC(N)=O. The largest absolute Gasteiger partial charge is 0.479 e. The van der Waals surface area contributed by atoms with Crippen LogP contribution < -0.4 is 11.1 Å². The Hall–Kier alpha value is -1.18. The van der Waals surface area contributed by atoms with E-state index < -0.39 is 12.1 Å². The molecule has 0 radical (unpaired) electrons. The second kappa shape index (κ2) is 29.1. The van der Waals surface area contributed by atoms with Gasteiger partial charge in [-0.05, 0) is 19.8 Å². The topological polar surface area (TPSA) is 122 Å². The van der Waals surface area contributed by atoms with E-state index in [9.17, 15) is 9.59 Å². The van der Waals surface area contributed by atoms with Gasteiger partial charge in [-0.2, -0.15) is 0 Å². The smallest absolute Gasteiger partial charge is 0.332 e. The van der Waals surface area contributed by atoms with Crippen molar-refractivity contribution in [3.63, 3.8) is 0 Å². The highest BCUT2D eigenvalue weighted by Crippen LogP contribution is 2.13. The highest BCUT2D eigenvalue weighted by molar-refractivity contribution is 5.73. The van der Waals surface area contributed by atoms with Gasteiger partial charge in [0.15, 0.2) is 0 Å². The van der Waals surface area contributed by atoms with Crippen molar-refractivity contribution in [2.24, 2.45) is 5.73 Å². The number of carboxylic acid groups (broad SMARTS) is 1. The molecule has 7 heteroatoms. The Morgan fingerprint density at radius 1 is 0.857 bits per heavy atom. The molecular formula is C28H58N2O5. The van der Waals surface area contributed by atoms with Crippen LogP contribution in [0.1, 0.15) is 136 Å². The fourth-order valence-electron chi connectivity index (χ4n) is 3.80. The third-order valence-corrected chi connectivity index (χ3v) is 6.00. The molecule has 2 atom stereocenters. The van der Waals surface area contributed by atoms with Crippen LogP contribution in [0.4, 0.5) is 0 Å². The molecule has 5 N–H and O–H groups in total. The Labute approximate surface area is 216 Å². The van der Waals surface area contributed by atoms with Crippen LogP contribution in [-0.2, 0) is 14.3 Å². The molecule has 0 spiro atoms. The first kappa shape index (κ1) is 36.0. The lowest BCUT2D eigenvalue weighted by atomic mass is 10.0. The number of carbonyl (C=O) groups is 2. The first-order valence-electron chi connectivity index (χ1n) is 14.4. The fraction of sp³-hybridized carbons (Fsp3) is 0.929. The molecule has 0 bridgehead atoms. The van der Waals surface area contributed by atoms with Crippen molar-refractivity contribution < 1.29 is 24.5 Å². The number of aliphatic carboxylic acids is 1. The van der Waals surface area contributed by atoms with Crippen LogP contribution in [0, 0.1) is 0 Å². The standard InChI is InChI=1S/C18H37NO.C7H15NO.C3H6O3/c1-2-3-4-5-6-7-8-9-10-11-12-13-14-15-16-17-18(19)20;1-2-3-7-6-8-4-5-9-7;1-2(4)3(5)6/h2-17H2,1H3,(H2,19,20);7-8H,2-6H2,1H3;2,4H,1H3,(H,5,6). The lowest BCUT2D eigenvalue weighted by molar-refractivity contribution is -0.145. The molecule has 1 rings (SSSR count). The van der Waals surface area contributed by atoms with Crippen LogP contribution in [0.3, 0.4) is 0 Å². The third kappa shape index (κ3) is 32.8. The first-order valence-corrected chi connectivity index (χ1v) is 14.4. The number of aliphatic hydroxyl groups is 1. The lowest BCUT2D eigenvalue weighted by Crippen LogP contribution is -2.38. The number of ether oxygens (including phenoxy) is 1. The molecule has 0 aromatic carbocycles. The van der Waals surface area contributed by atoms with E-state index in [0.29, 0.717) is 12.5 Å². The zero-order valence-corrected chi connectivity index (χ0v) is 23.2. The summed E-state index contributed by atoms with van der Waals surface area (Å²) in [4.78, 5) is 20.0. The molecule has 0 aliphatic carbocycles. The number of hydrogen-bond acceptors (Lipinski definition) is 5. The van der Waals surface area contributed by atoms with E-state index in [2.05, 4.69) is 19.2 Å². The van der Waals surface area contributed by atoms with Gasteiger partial charge in [0.25, 0.3) is 0 Å². The summed E-state index contributed by atoms with van der Waals surface area (Å²) in [6.07, 6.45) is 22.6. The number of rotatable bonds is 19. The molecular weight excluding hydrogens is 444 g/mol. The molecule has 210 valence electrons. The molecule has 1 heterocycles. The third-order valence-electron chi connectivity index (χ3n) is 6.00. The number of nitrogens with two attached hydrogens (primary N) is 1. The maximum Gasteiger partial charge on any atom is 0.332 e. The number of amides is 1.